The quantitative estimate of drug-likeness (QED) is 0.206. The van der Waals surface area contributed by atoms with Gasteiger partial charge in [-0.05, 0) is 51.4 Å². The van der Waals surface area contributed by atoms with Crippen LogP contribution < -0.4 is 10.6 Å². The molecule has 0 spiro atoms. The monoisotopic (exact) mass is 427 g/mol. The van der Waals surface area contributed by atoms with E-state index >= 15 is 0 Å². The summed E-state index contributed by atoms with van der Waals surface area (Å²) in [5.74, 6) is 1.78. The molecule has 1 aliphatic carbocycles. The van der Waals surface area contributed by atoms with Crippen LogP contribution in [0, 0.1) is 5.92 Å². The van der Waals surface area contributed by atoms with Crippen molar-refractivity contribution in [1.82, 2.24) is 10.6 Å². The molecule has 0 radical (unpaired) electrons. The Bertz CT molecular complexity index is 274. The summed E-state index contributed by atoms with van der Waals surface area (Å²) in [5.41, 5.74) is 0. The van der Waals surface area contributed by atoms with Gasteiger partial charge in [0.05, 0.1) is 0 Å². The van der Waals surface area contributed by atoms with Crippen LogP contribution in [-0.2, 0) is 9.47 Å². The maximum Gasteiger partial charge on any atom is 0.191 e. The van der Waals surface area contributed by atoms with Gasteiger partial charge in [0, 0.05) is 46.6 Å². The number of guanidine groups is 1. The summed E-state index contributed by atoms with van der Waals surface area (Å²) in [4.78, 5) is 4.57. The standard InChI is InChI=1S/C16H33N3O2.HI/c1-3-17-16(18-10-5-4-6-12-20-2)19-11-7-13-21-14-15-8-9-15;/h15H,3-14H2,1-2H3,(H2,17,18,19);1H. The summed E-state index contributed by atoms with van der Waals surface area (Å²) in [6.07, 6.45) is 7.18. The van der Waals surface area contributed by atoms with Crippen LogP contribution >= 0.6 is 24.0 Å². The first-order valence-electron chi connectivity index (χ1n) is 8.45. The van der Waals surface area contributed by atoms with Gasteiger partial charge in [0.2, 0.25) is 0 Å². The highest BCUT2D eigenvalue weighted by atomic mass is 127. The number of rotatable bonds is 13. The fraction of sp³-hybridized carbons (Fsp3) is 0.938. The summed E-state index contributed by atoms with van der Waals surface area (Å²) in [6.45, 7) is 7.41. The maximum absolute atomic E-state index is 5.61. The van der Waals surface area contributed by atoms with Crippen molar-refractivity contribution in [3.63, 3.8) is 0 Å². The minimum absolute atomic E-state index is 0. The fourth-order valence-electron chi connectivity index (χ4n) is 1.99. The van der Waals surface area contributed by atoms with Crippen molar-refractivity contribution < 1.29 is 9.47 Å². The van der Waals surface area contributed by atoms with E-state index in [1.807, 2.05) is 0 Å². The van der Waals surface area contributed by atoms with Crippen molar-refractivity contribution in [2.45, 2.75) is 45.4 Å². The molecule has 132 valence electrons. The molecule has 0 atom stereocenters. The highest BCUT2D eigenvalue weighted by Gasteiger charge is 2.20. The molecule has 0 amide bonds. The van der Waals surface area contributed by atoms with Gasteiger partial charge in [0.1, 0.15) is 0 Å². The van der Waals surface area contributed by atoms with E-state index < -0.39 is 0 Å². The number of halogens is 1. The fourth-order valence-corrected chi connectivity index (χ4v) is 1.99. The Morgan fingerprint density at radius 2 is 1.91 bits per heavy atom. The number of hydrogen-bond acceptors (Lipinski definition) is 3. The molecule has 6 heteroatoms. The Kier molecular flexibility index (Phi) is 15.7. The molecule has 1 fully saturated rings. The lowest BCUT2D eigenvalue weighted by Crippen LogP contribution is -2.37. The lowest BCUT2D eigenvalue weighted by atomic mass is 10.2. The molecule has 0 aliphatic heterocycles. The van der Waals surface area contributed by atoms with E-state index in [1.165, 1.54) is 19.3 Å². The molecule has 0 aromatic carbocycles. The van der Waals surface area contributed by atoms with E-state index in [0.717, 1.165) is 70.6 Å². The van der Waals surface area contributed by atoms with Crippen molar-refractivity contribution in [2.75, 3.05) is 46.6 Å². The molecular weight excluding hydrogens is 393 g/mol. The maximum atomic E-state index is 5.61. The van der Waals surface area contributed by atoms with Crippen molar-refractivity contribution in [2.24, 2.45) is 10.9 Å². The number of methoxy groups -OCH3 is 1. The second-order valence-corrected chi connectivity index (χ2v) is 5.61. The summed E-state index contributed by atoms with van der Waals surface area (Å²) in [7, 11) is 1.75. The Balaban J connectivity index is 0.00000441. The van der Waals surface area contributed by atoms with E-state index in [0.29, 0.717) is 0 Å². The van der Waals surface area contributed by atoms with Crippen LogP contribution in [0.1, 0.15) is 45.4 Å². The van der Waals surface area contributed by atoms with Gasteiger partial charge in [-0.3, -0.25) is 4.99 Å². The first-order chi connectivity index (χ1) is 10.4. The molecular formula is C16H34IN3O2. The largest absolute Gasteiger partial charge is 0.385 e. The summed E-state index contributed by atoms with van der Waals surface area (Å²) in [5, 5.41) is 6.65. The Hall–Kier alpha value is -0.0800. The molecule has 1 aliphatic rings. The lowest BCUT2D eigenvalue weighted by Gasteiger charge is -2.11. The van der Waals surface area contributed by atoms with Crippen LogP contribution in [0.5, 0.6) is 0 Å². The van der Waals surface area contributed by atoms with Crippen LogP contribution in [0.3, 0.4) is 0 Å². The molecule has 22 heavy (non-hydrogen) atoms. The number of aliphatic imine (C=N–C) groups is 1. The van der Waals surface area contributed by atoms with Crippen molar-refractivity contribution in [3.05, 3.63) is 0 Å². The molecule has 5 nitrogen and oxygen atoms in total. The topological polar surface area (TPSA) is 54.9 Å². The summed E-state index contributed by atoms with van der Waals surface area (Å²) < 4.78 is 10.7. The SMILES string of the molecule is CCNC(=NCCCOCC1CC1)NCCCCCOC.I. The second-order valence-electron chi connectivity index (χ2n) is 5.61. The molecule has 0 aromatic rings. The first kappa shape index (κ1) is 21.9. The number of hydrogen-bond donors (Lipinski definition) is 2. The number of ether oxygens (including phenoxy) is 2. The Labute approximate surface area is 153 Å². The van der Waals surface area contributed by atoms with Gasteiger partial charge in [-0.15, -0.1) is 24.0 Å². The minimum Gasteiger partial charge on any atom is -0.385 e. The summed E-state index contributed by atoms with van der Waals surface area (Å²) in [6, 6.07) is 0. The molecule has 0 unspecified atom stereocenters. The van der Waals surface area contributed by atoms with Gasteiger partial charge >= 0.3 is 0 Å². The van der Waals surface area contributed by atoms with Crippen LogP contribution in [0.2, 0.25) is 0 Å². The van der Waals surface area contributed by atoms with E-state index in [-0.39, 0.29) is 24.0 Å². The third-order valence-electron chi connectivity index (χ3n) is 3.43. The van der Waals surface area contributed by atoms with Crippen molar-refractivity contribution in [3.8, 4) is 0 Å². The lowest BCUT2D eigenvalue weighted by molar-refractivity contribution is 0.123. The third kappa shape index (κ3) is 13.6. The highest BCUT2D eigenvalue weighted by Crippen LogP contribution is 2.28. The van der Waals surface area contributed by atoms with Crippen molar-refractivity contribution in [1.29, 1.82) is 0 Å². The zero-order valence-corrected chi connectivity index (χ0v) is 16.6. The highest BCUT2D eigenvalue weighted by molar-refractivity contribution is 14.0. The Morgan fingerprint density at radius 3 is 2.59 bits per heavy atom. The van der Waals surface area contributed by atoms with Crippen molar-refractivity contribution >= 4 is 29.9 Å². The number of nitrogens with zero attached hydrogens (tertiary/aromatic N) is 1. The van der Waals surface area contributed by atoms with E-state index in [2.05, 4.69) is 22.5 Å². The van der Waals surface area contributed by atoms with E-state index in [1.54, 1.807) is 7.11 Å². The normalized spacial score (nSPS) is 14.5. The molecule has 1 saturated carbocycles. The predicted molar refractivity (Wildman–Crippen MR) is 103 cm³/mol. The van der Waals surface area contributed by atoms with Gasteiger partial charge in [-0.2, -0.15) is 0 Å². The molecule has 0 saturated heterocycles. The van der Waals surface area contributed by atoms with E-state index in [4.69, 9.17) is 9.47 Å². The third-order valence-corrected chi connectivity index (χ3v) is 3.43. The average Bonchev–Trinajstić information content (AvgIpc) is 3.30. The zero-order chi connectivity index (χ0) is 15.2. The first-order valence-corrected chi connectivity index (χ1v) is 8.45. The van der Waals surface area contributed by atoms with Gasteiger partial charge < -0.3 is 20.1 Å². The summed E-state index contributed by atoms with van der Waals surface area (Å²) >= 11 is 0. The molecule has 1 rings (SSSR count). The van der Waals surface area contributed by atoms with Crippen LogP contribution in [0.4, 0.5) is 0 Å². The van der Waals surface area contributed by atoms with Crippen LogP contribution in [-0.4, -0.2) is 52.5 Å². The smallest absolute Gasteiger partial charge is 0.191 e. The molecule has 0 aromatic heterocycles. The molecule has 2 N–H and O–H groups in total. The van der Waals surface area contributed by atoms with Crippen LogP contribution in [0.15, 0.2) is 4.99 Å². The minimum atomic E-state index is 0. The molecule has 0 bridgehead atoms. The predicted octanol–water partition coefficient (Wildman–Crippen LogP) is 2.79. The molecule has 0 heterocycles. The van der Waals surface area contributed by atoms with Gasteiger partial charge in [0.25, 0.3) is 0 Å². The van der Waals surface area contributed by atoms with Gasteiger partial charge in [0.15, 0.2) is 5.96 Å². The Morgan fingerprint density at radius 1 is 1.09 bits per heavy atom. The van der Waals surface area contributed by atoms with E-state index in [9.17, 15) is 0 Å². The zero-order valence-electron chi connectivity index (χ0n) is 14.2. The van der Waals surface area contributed by atoms with Gasteiger partial charge in [-0.1, -0.05) is 0 Å². The van der Waals surface area contributed by atoms with Crippen LogP contribution in [0.25, 0.3) is 0 Å². The number of nitrogens with one attached hydrogen (secondary N) is 2. The van der Waals surface area contributed by atoms with Gasteiger partial charge in [-0.25, -0.2) is 0 Å². The average molecular weight is 427 g/mol. The number of unbranched alkanes of at least 4 members (excludes halogenated alkanes) is 2. The second kappa shape index (κ2) is 15.8.